The molecule has 164 valence electrons. The van der Waals surface area contributed by atoms with Gasteiger partial charge in [0.2, 0.25) is 11.8 Å². The molecule has 30 heavy (non-hydrogen) atoms. The van der Waals surface area contributed by atoms with Crippen molar-refractivity contribution in [3.05, 3.63) is 29.8 Å². The Balaban J connectivity index is 1.50. The van der Waals surface area contributed by atoms with Crippen LogP contribution < -0.4 is 20.9 Å². The third kappa shape index (κ3) is 4.32. The van der Waals surface area contributed by atoms with Crippen molar-refractivity contribution in [3.63, 3.8) is 0 Å². The van der Waals surface area contributed by atoms with Crippen molar-refractivity contribution in [1.29, 1.82) is 0 Å². The Kier molecular flexibility index (Phi) is 6.58. The maximum absolute atomic E-state index is 13.3. The van der Waals surface area contributed by atoms with Gasteiger partial charge in [0.1, 0.15) is 5.75 Å². The monoisotopic (exact) mass is 414 g/mol. The number of nitrogens with zero attached hydrogens (tertiary/aromatic N) is 1. The van der Waals surface area contributed by atoms with Gasteiger partial charge >= 0.3 is 0 Å². The third-order valence-corrected chi connectivity index (χ3v) is 6.96. The molecule has 2 amide bonds. The smallest absolute Gasteiger partial charge is 0.226 e. The summed E-state index contributed by atoms with van der Waals surface area (Å²) < 4.78 is 5.28. The van der Waals surface area contributed by atoms with Crippen LogP contribution >= 0.6 is 0 Å². The van der Waals surface area contributed by atoms with Crippen LogP contribution in [0.15, 0.2) is 24.3 Å². The molecule has 2 saturated heterocycles. The highest BCUT2D eigenvalue weighted by Crippen LogP contribution is 2.39. The van der Waals surface area contributed by atoms with Crippen LogP contribution in [0, 0.1) is 11.8 Å². The molecular weight excluding hydrogens is 380 g/mol. The number of hydrazine groups is 1. The molecular formula is C23H34N4O3. The van der Waals surface area contributed by atoms with Gasteiger partial charge in [-0.3, -0.25) is 20.4 Å². The second kappa shape index (κ2) is 9.35. The van der Waals surface area contributed by atoms with Gasteiger partial charge in [0.15, 0.2) is 0 Å². The van der Waals surface area contributed by atoms with E-state index in [0.29, 0.717) is 18.5 Å². The quantitative estimate of drug-likeness (QED) is 0.637. The van der Waals surface area contributed by atoms with E-state index >= 15 is 0 Å². The van der Waals surface area contributed by atoms with E-state index in [9.17, 15) is 9.59 Å². The van der Waals surface area contributed by atoms with E-state index in [4.69, 9.17) is 4.74 Å². The van der Waals surface area contributed by atoms with Crippen molar-refractivity contribution in [3.8, 4) is 5.75 Å². The fraction of sp³-hybridized carbons (Fsp3) is 0.652. The van der Waals surface area contributed by atoms with Crippen molar-refractivity contribution >= 4 is 11.8 Å². The van der Waals surface area contributed by atoms with Crippen LogP contribution in [0.25, 0.3) is 0 Å². The molecule has 1 aromatic carbocycles. The molecule has 5 atom stereocenters. The minimum absolute atomic E-state index is 0.0190. The van der Waals surface area contributed by atoms with Gasteiger partial charge < -0.3 is 15.0 Å². The summed E-state index contributed by atoms with van der Waals surface area (Å²) in [5.41, 5.74) is 7.58. The number of hydrogen-bond acceptors (Lipinski definition) is 5. The highest BCUT2D eigenvalue weighted by atomic mass is 16.5. The van der Waals surface area contributed by atoms with Gasteiger partial charge in [0.25, 0.3) is 0 Å². The normalized spacial score (nSPS) is 30.9. The van der Waals surface area contributed by atoms with Gasteiger partial charge in [-0.1, -0.05) is 25.5 Å². The molecule has 7 nitrogen and oxygen atoms in total. The molecule has 4 rings (SSSR count). The Morgan fingerprint density at radius 1 is 1.27 bits per heavy atom. The van der Waals surface area contributed by atoms with Crippen LogP contribution in [0.3, 0.4) is 0 Å². The van der Waals surface area contributed by atoms with Gasteiger partial charge in [0.05, 0.1) is 19.1 Å². The third-order valence-electron chi connectivity index (χ3n) is 6.96. The number of amides is 2. The van der Waals surface area contributed by atoms with Crippen LogP contribution in [-0.4, -0.2) is 49.0 Å². The summed E-state index contributed by atoms with van der Waals surface area (Å²) in [6.45, 7) is 3.77. The summed E-state index contributed by atoms with van der Waals surface area (Å²) >= 11 is 0. The average Bonchev–Trinajstić information content (AvgIpc) is 3.36. The second-order valence-corrected chi connectivity index (χ2v) is 8.88. The lowest BCUT2D eigenvalue weighted by molar-refractivity contribution is -0.129. The van der Waals surface area contributed by atoms with Crippen LogP contribution in [0.4, 0.5) is 0 Å². The molecule has 1 aliphatic carbocycles. The van der Waals surface area contributed by atoms with E-state index in [-0.39, 0.29) is 36.2 Å². The molecule has 2 heterocycles. The van der Waals surface area contributed by atoms with Crippen molar-refractivity contribution in [2.75, 3.05) is 20.2 Å². The number of methoxy groups -OCH3 is 1. The summed E-state index contributed by atoms with van der Waals surface area (Å²) in [6, 6.07) is 8.30. The topological polar surface area (TPSA) is 82.7 Å². The predicted octanol–water partition coefficient (Wildman–Crippen LogP) is 2.15. The number of carbonyl (C=O) groups is 2. The first kappa shape index (κ1) is 21.1. The van der Waals surface area contributed by atoms with Crippen molar-refractivity contribution in [1.82, 2.24) is 21.1 Å². The highest BCUT2D eigenvalue weighted by molar-refractivity contribution is 5.90. The summed E-state index contributed by atoms with van der Waals surface area (Å²) in [5, 5.41) is 3.29. The molecule has 0 aromatic heterocycles. The number of ether oxygens (including phenoxy) is 1. The van der Waals surface area contributed by atoms with Gasteiger partial charge in [-0.05, 0) is 49.3 Å². The summed E-state index contributed by atoms with van der Waals surface area (Å²) in [4.78, 5) is 28.1. The van der Waals surface area contributed by atoms with E-state index < -0.39 is 0 Å². The SMILES string of the molecule is CCCCN1C(=O)CC(C(=O)NC2CCC3NNCC3C2)C1c1ccc(OC)cc1. The van der Waals surface area contributed by atoms with E-state index in [1.807, 2.05) is 29.2 Å². The Morgan fingerprint density at radius 2 is 2.07 bits per heavy atom. The average molecular weight is 415 g/mol. The minimum Gasteiger partial charge on any atom is -0.497 e. The molecule has 3 N–H and O–H groups in total. The van der Waals surface area contributed by atoms with Crippen LogP contribution in [0.1, 0.15) is 57.1 Å². The first-order valence-electron chi connectivity index (χ1n) is 11.3. The lowest BCUT2D eigenvalue weighted by atomic mass is 9.82. The van der Waals surface area contributed by atoms with Crippen molar-refractivity contribution < 1.29 is 14.3 Å². The number of nitrogens with one attached hydrogen (secondary N) is 3. The lowest BCUT2D eigenvalue weighted by Gasteiger charge is -2.33. The molecule has 3 fully saturated rings. The van der Waals surface area contributed by atoms with Gasteiger partial charge in [-0.25, -0.2) is 0 Å². The summed E-state index contributed by atoms with van der Waals surface area (Å²) in [6.07, 6.45) is 5.28. The van der Waals surface area contributed by atoms with Crippen LogP contribution in [0.2, 0.25) is 0 Å². The van der Waals surface area contributed by atoms with Crippen molar-refractivity contribution in [2.45, 2.75) is 63.6 Å². The number of likely N-dealkylation sites (tertiary alicyclic amines) is 1. The van der Waals surface area contributed by atoms with E-state index in [0.717, 1.165) is 50.0 Å². The fourth-order valence-corrected chi connectivity index (χ4v) is 5.27. The molecule has 2 aliphatic heterocycles. The van der Waals surface area contributed by atoms with E-state index in [1.54, 1.807) is 7.11 Å². The molecule has 5 unspecified atom stereocenters. The number of hydrogen-bond donors (Lipinski definition) is 3. The molecule has 1 saturated carbocycles. The number of carbonyl (C=O) groups excluding carboxylic acids is 2. The molecule has 7 heteroatoms. The second-order valence-electron chi connectivity index (χ2n) is 8.88. The zero-order chi connectivity index (χ0) is 21.1. The molecule has 1 aromatic rings. The first-order chi connectivity index (χ1) is 14.6. The number of benzene rings is 1. The van der Waals surface area contributed by atoms with E-state index in [1.165, 1.54) is 0 Å². The molecule has 0 bridgehead atoms. The Morgan fingerprint density at radius 3 is 2.80 bits per heavy atom. The number of fused-ring (bicyclic) bond motifs is 1. The first-order valence-corrected chi connectivity index (χ1v) is 11.3. The Labute approximate surface area is 178 Å². The Bertz CT molecular complexity index is 753. The lowest BCUT2D eigenvalue weighted by Crippen LogP contribution is -2.46. The van der Waals surface area contributed by atoms with Crippen LogP contribution in [0.5, 0.6) is 5.75 Å². The highest BCUT2D eigenvalue weighted by Gasteiger charge is 2.45. The summed E-state index contributed by atoms with van der Waals surface area (Å²) in [5.74, 6) is 1.09. The van der Waals surface area contributed by atoms with Crippen molar-refractivity contribution in [2.24, 2.45) is 11.8 Å². The maximum atomic E-state index is 13.3. The minimum atomic E-state index is -0.347. The van der Waals surface area contributed by atoms with Crippen LogP contribution in [-0.2, 0) is 9.59 Å². The zero-order valence-electron chi connectivity index (χ0n) is 18.0. The maximum Gasteiger partial charge on any atom is 0.226 e. The Hall–Kier alpha value is -2.12. The molecule has 0 spiro atoms. The predicted molar refractivity (Wildman–Crippen MR) is 115 cm³/mol. The number of rotatable bonds is 7. The molecule has 0 radical (unpaired) electrons. The number of unbranched alkanes of at least 4 members (excludes halogenated alkanes) is 1. The van der Waals surface area contributed by atoms with Gasteiger partial charge in [0, 0.05) is 31.6 Å². The van der Waals surface area contributed by atoms with E-state index in [2.05, 4.69) is 23.1 Å². The van der Waals surface area contributed by atoms with Gasteiger partial charge in [-0.15, -0.1) is 0 Å². The largest absolute Gasteiger partial charge is 0.497 e. The van der Waals surface area contributed by atoms with Gasteiger partial charge in [-0.2, -0.15) is 0 Å². The molecule has 3 aliphatic rings. The summed E-state index contributed by atoms with van der Waals surface area (Å²) in [7, 11) is 1.64. The fourth-order valence-electron chi connectivity index (χ4n) is 5.27. The standard InChI is InChI=1S/C23H34N4O3/c1-3-4-11-27-21(28)13-19(22(27)15-5-8-18(30-2)9-6-15)23(29)25-17-7-10-20-16(12-17)14-24-26-20/h5-6,8-9,16-17,19-20,22,24,26H,3-4,7,10-14H2,1-2H3,(H,25,29). The zero-order valence-corrected chi connectivity index (χ0v) is 18.0.